The molecule has 0 saturated heterocycles. The second kappa shape index (κ2) is 7.97. The van der Waals surface area contributed by atoms with Crippen LogP contribution in [-0.2, 0) is 14.3 Å². The van der Waals surface area contributed by atoms with E-state index in [4.69, 9.17) is 27.9 Å². The average Bonchev–Trinajstić information content (AvgIpc) is 3.32. The molecule has 0 bridgehead atoms. The number of amides is 1. The molecule has 1 N–H and O–H groups in total. The zero-order valence-electron chi connectivity index (χ0n) is 12.7. The van der Waals surface area contributed by atoms with Gasteiger partial charge in [0.25, 0.3) is 0 Å². The molecular formula is C16H18Cl2FNO3. The normalized spacial score (nSPS) is 15.1. The van der Waals surface area contributed by atoms with Crippen LogP contribution in [0.25, 0.3) is 0 Å². The standard InChI is InChI=1S/C16H18Cl2FNO3/c1-9(14-11(17)6-7-12(19)15(14)18)23-13(21)3-2-8-20-16(22)10-4-5-10/h6-7,9-10H,2-5,8H2,1H3,(H,20,22). The zero-order valence-corrected chi connectivity index (χ0v) is 14.2. The third-order valence-corrected chi connectivity index (χ3v) is 4.31. The quantitative estimate of drug-likeness (QED) is 0.452. The first-order valence-corrected chi connectivity index (χ1v) is 8.26. The van der Waals surface area contributed by atoms with Crippen LogP contribution in [0.15, 0.2) is 12.1 Å². The van der Waals surface area contributed by atoms with E-state index in [0.29, 0.717) is 13.0 Å². The summed E-state index contributed by atoms with van der Waals surface area (Å²) in [6.45, 7) is 2.01. The van der Waals surface area contributed by atoms with E-state index < -0.39 is 17.9 Å². The number of esters is 1. The molecule has 0 aromatic heterocycles. The molecule has 0 heterocycles. The second-order valence-corrected chi connectivity index (χ2v) is 6.34. The Bertz CT molecular complexity index is 605. The molecule has 1 atom stereocenters. The maximum absolute atomic E-state index is 13.5. The van der Waals surface area contributed by atoms with Gasteiger partial charge in [0.2, 0.25) is 5.91 Å². The van der Waals surface area contributed by atoms with Crippen LogP contribution < -0.4 is 5.32 Å². The summed E-state index contributed by atoms with van der Waals surface area (Å²) in [6.07, 6.45) is 1.77. The van der Waals surface area contributed by atoms with Crippen molar-refractivity contribution in [3.8, 4) is 0 Å². The third kappa shape index (κ3) is 5.08. The number of carbonyl (C=O) groups excluding carboxylic acids is 2. The minimum absolute atomic E-state index is 0.0464. The molecule has 23 heavy (non-hydrogen) atoms. The minimum atomic E-state index is -0.751. The van der Waals surface area contributed by atoms with E-state index >= 15 is 0 Å². The number of carbonyl (C=O) groups is 2. The van der Waals surface area contributed by atoms with Gasteiger partial charge in [0.1, 0.15) is 11.9 Å². The zero-order chi connectivity index (χ0) is 17.0. The summed E-state index contributed by atoms with van der Waals surface area (Å²) in [6, 6.07) is 2.53. The fraction of sp³-hybridized carbons (Fsp3) is 0.500. The number of benzene rings is 1. The lowest BCUT2D eigenvalue weighted by atomic mass is 10.1. The van der Waals surface area contributed by atoms with Crippen LogP contribution in [0.3, 0.4) is 0 Å². The van der Waals surface area contributed by atoms with Crippen molar-refractivity contribution >= 4 is 35.1 Å². The monoisotopic (exact) mass is 361 g/mol. The van der Waals surface area contributed by atoms with Crippen LogP contribution in [0.2, 0.25) is 10.0 Å². The fourth-order valence-corrected chi connectivity index (χ4v) is 2.84. The van der Waals surface area contributed by atoms with E-state index in [2.05, 4.69) is 5.32 Å². The molecule has 1 amide bonds. The SMILES string of the molecule is CC(OC(=O)CCCNC(=O)C1CC1)c1c(Cl)ccc(F)c1Cl. The predicted octanol–water partition coefficient (Wildman–Crippen LogP) is 4.04. The summed E-state index contributed by atoms with van der Waals surface area (Å²) in [5, 5.41) is 2.87. The highest BCUT2D eigenvalue weighted by Gasteiger charge is 2.29. The van der Waals surface area contributed by atoms with Crippen LogP contribution >= 0.6 is 23.2 Å². The number of hydrogen-bond acceptors (Lipinski definition) is 3. The van der Waals surface area contributed by atoms with E-state index in [1.807, 2.05) is 0 Å². The van der Waals surface area contributed by atoms with Crippen molar-refractivity contribution in [2.45, 2.75) is 38.7 Å². The number of halogens is 3. The Balaban J connectivity index is 1.78. The average molecular weight is 362 g/mol. The van der Waals surface area contributed by atoms with E-state index in [0.717, 1.165) is 18.9 Å². The Hall–Kier alpha value is -1.33. The molecule has 1 saturated carbocycles. The molecule has 7 heteroatoms. The first-order chi connectivity index (χ1) is 10.9. The van der Waals surface area contributed by atoms with Crippen LogP contribution in [0, 0.1) is 11.7 Å². The molecule has 1 unspecified atom stereocenters. The van der Waals surface area contributed by atoms with E-state index in [1.54, 1.807) is 6.92 Å². The van der Waals surface area contributed by atoms with Gasteiger partial charge in [0, 0.05) is 29.5 Å². The molecule has 0 radical (unpaired) electrons. The Morgan fingerprint density at radius 3 is 2.74 bits per heavy atom. The lowest BCUT2D eigenvalue weighted by Gasteiger charge is -2.17. The van der Waals surface area contributed by atoms with E-state index in [-0.39, 0.29) is 33.9 Å². The van der Waals surface area contributed by atoms with Crippen LogP contribution in [0.5, 0.6) is 0 Å². The highest BCUT2D eigenvalue weighted by atomic mass is 35.5. The van der Waals surface area contributed by atoms with Crippen molar-refractivity contribution in [1.82, 2.24) is 5.32 Å². The molecule has 1 fully saturated rings. The van der Waals surface area contributed by atoms with Crippen LogP contribution in [-0.4, -0.2) is 18.4 Å². The molecule has 0 aliphatic heterocycles. The van der Waals surface area contributed by atoms with Gasteiger partial charge in [-0.05, 0) is 38.3 Å². The lowest BCUT2D eigenvalue weighted by molar-refractivity contribution is -0.148. The van der Waals surface area contributed by atoms with Crippen LogP contribution in [0.4, 0.5) is 4.39 Å². The summed E-state index contributed by atoms with van der Waals surface area (Å²) >= 11 is 11.9. The first kappa shape index (κ1) is 18.0. The highest BCUT2D eigenvalue weighted by molar-refractivity contribution is 6.36. The molecule has 1 aromatic carbocycles. The van der Waals surface area contributed by atoms with Gasteiger partial charge in [-0.15, -0.1) is 0 Å². The van der Waals surface area contributed by atoms with Crippen molar-refractivity contribution in [3.63, 3.8) is 0 Å². The van der Waals surface area contributed by atoms with Crippen molar-refractivity contribution in [3.05, 3.63) is 33.6 Å². The molecule has 126 valence electrons. The van der Waals surface area contributed by atoms with Crippen molar-refractivity contribution < 1.29 is 18.7 Å². The van der Waals surface area contributed by atoms with E-state index in [1.165, 1.54) is 6.07 Å². The lowest BCUT2D eigenvalue weighted by Crippen LogP contribution is -2.26. The Labute approximate surface area is 144 Å². The highest BCUT2D eigenvalue weighted by Crippen LogP contribution is 2.34. The third-order valence-electron chi connectivity index (χ3n) is 3.60. The first-order valence-electron chi connectivity index (χ1n) is 7.50. The Kier molecular flexibility index (Phi) is 6.25. The maximum atomic E-state index is 13.5. The summed E-state index contributed by atoms with van der Waals surface area (Å²) in [4.78, 5) is 23.2. The van der Waals surface area contributed by atoms with Gasteiger partial charge in [-0.3, -0.25) is 9.59 Å². The Morgan fingerprint density at radius 2 is 2.09 bits per heavy atom. The largest absolute Gasteiger partial charge is 0.458 e. The minimum Gasteiger partial charge on any atom is -0.458 e. The van der Waals surface area contributed by atoms with Gasteiger partial charge >= 0.3 is 5.97 Å². The molecule has 0 spiro atoms. The van der Waals surface area contributed by atoms with Gasteiger partial charge in [0.05, 0.1) is 5.02 Å². The molecule has 1 aliphatic rings. The smallest absolute Gasteiger partial charge is 0.306 e. The van der Waals surface area contributed by atoms with Gasteiger partial charge in [-0.2, -0.15) is 0 Å². The molecular weight excluding hydrogens is 344 g/mol. The van der Waals surface area contributed by atoms with Gasteiger partial charge in [-0.25, -0.2) is 4.39 Å². The number of rotatable bonds is 7. The number of nitrogens with one attached hydrogen (secondary N) is 1. The summed E-state index contributed by atoms with van der Waals surface area (Å²) in [7, 11) is 0. The van der Waals surface area contributed by atoms with Crippen molar-refractivity contribution in [2.24, 2.45) is 5.92 Å². The van der Waals surface area contributed by atoms with Crippen molar-refractivity contribution in [2.75, 3.05) is 6.54 Å². The molecule has 2 rings (SSSR count). The fourth-order valence-electron chi connectivity index (χ4n) is 2.16. The summed E-state index contributed by atoms with van der Waals surface area (Å²) in [5.41, 5.74) is 0.253. The van der Waals surface area contributed by atoms with Crippen molar-refractivity contribution in [1.29, 1.82) is 0 Å². The summed E-state index contributed by atoms with van der Waals surface area (Å²) < 4.78 is 18.7. The van der Waals surface area contributed by atoms with E-state index in [9.17, 15) is 14.0 Å². The second-order valence-electron chi connectivity index (χ2n) is 5.56. The molecule has 1 aliphatic carbocycles. The summed E-state index contributed by atoms with van der Waals surface area (Å²) in [5.74, 6) is -0.865. The van der Waals surface area contributed by atoms with Gasteiger partial charge in [0.15, 0.2) is 0 Å². The van der Waals surface area contributed by atoms with Gasteiger partial charge < -0.3 is 10.1 Å². The topological polar surface area (TPSA) is 55.4 Å². The number of hydrogen-bond donors (Lipinski definition) is 1. The van der Waals surface area contributed by atoms with Crippen LogP contribution in [0.1, 0.15) is 44.3 Å². The molecule has 1 aromatic rings. The number of ether oxygens (including phenoxy) is 1. The van der Waals surface area contributed by atoms with Gasteiger partial charge in [-0.1, -0.05) is 23.2 Å². The predicted molar refractivity (Wildman–Crippen MR) is 85.9 cm³/mol. The molecule has 4 nitrogen and oxygen atoms in total. The Morgan fingerprint density at radius 1 is 1.39 bits per heavy atom. The maximum Gasteiger partial charge on any atom is 0.306 e.